The van der Waals surface area contributed by atoms with Crippen LogP contribution < -0.4 is 5.32 Å². The fourth-order valence-electron chi connectivity index (χ4n) is 2.08. The van der Waals surface area contributed by atoms with E-state index in [4.69, 9.17) is 16.9 Å². The molecule has 0 fully saturated rings. The number of nitriles is 1. The Bertz CT molecular complexity index is 724. The van der Waals surface area contributed by atoms with E-state index in [9.17, 15) is 4.79 Å². The molecule has 0 aromatic heterocycles. The SMILES string of the molecule is C[C@H](c1ccccc1Cl)N(C)C(=O)Nc1cccc(C#N)c1. The summed E-state index contributed by atoms with van der Waals surface area (Å²) in [6, 6.07) is 15.8. The first kappa shape index (κ1) is 15.9. The largest absolute Gasteiger partial charge is 0.322 e. The van der Waals surface area contributed by atoms with Gasteiger partial charge in [0.25, 0.3) is 0 Å². The molecule has 0 radical (unpaired) electrons. The fourth-order valence-corrected chi connectivity index (χ4v) is 2.37. The van der Waals surface area contributed by atoms with E-state index in [0.29, 0.717) is 16.3 Å². The molecule has 2 amide bonds. The molecule has 2 aromatic rings. The van der Waals surface area contributed by atoms with Gasteiger partial charge in [-0.3, -0.25) is 0 Å². The van der Waals surface area contributed by atoms with Gasteiger partial charge in [0.05, 0.1) is 17.7 Å². The maximum Gasteiger partial charge on any atom is 0.322 e. The van der Waals surface area contributed by atoms with Crippen molar-refractivity contribution in [1.82, 2.24) is 4.90 Å². The molecule has 0 spiro atoms. The zero-order chi connectivity index (χ0) is 16.1. The van der Waals surface area contributed by atoms with Gasteiger partial charge in [0.15, 0.2) is 0 Å². The van der Waals surface area contributed by atoms with Gasteiger partial charge < -0.3 is 10.2 Å². The zero-order valence-corrected chi connectivity index (χ0v) is 13.1. The standard InChI is InChI=1S/C17H16ClN3O/c1-12(15-8-3-4-9-16(15)18)21(2)17(22)20-14-7-5-6-13(10-14)11-19/h3-10,12H,1-2H3,(H,20,22)/t12-/m1/s1. The second-order valence-corrected chi connectivity index (χ2v) is 5.34. The van der Waals surface area contributed by atoms with Crippen molar-refractivity contribution in [3.05, 3.63) is 64.7 Å². The van der Waals surface area contributed by atoms with Crippen molar-refractivity contribution in [1.29, 1.82) is 5.26 Å². The first-order valence-corrected chi connectivity index (χ1v) is 7.19. The summed E-state index contributed by atoms with van der Waals surface area (Å²) in [5.41, 5.74) is 1.97. The smallest absolute Gasteiger partial charge is 0.321 e. The highest BCUT2D eigenvalue weighted by Crippen LogP contribution is 2.26. The fraction of sp³-hybridized carbons (Fsp3) is 0.176. The van der Waals surface area contributed by atoms with Crippen molar-refractivity contribution in [3.8, 4) is 6.07 Å². The van der Waals surface area contributed by atoms with Crippen LogP contribution in [0.3, 0.4) is 0 Å². The Hall–Kier alpha value is -2.51. The summed E-state index contributed by atoms with van der Waals surface area (Å²) < 4.78 is 0. The van der Waals surface area contributed by atoms with Crippen molar-refractivity contribution in [2.24, 2.45) is 0 Å². The summed E-state index contributed by atoms with van der Waals surface area (Å²) in [6.07, 6.45) is 0. The second-order valence-electron chi connectivity index (χ2n) is 4.93. The third-order valence-corrected chi connectivity index (χ3v) is 3.84. The number of nitrogens with zero attached hydrogens (tertiary/aromatic N) is 2. The molecule has 4 nitrogen and oxygen atoms in total. The van der Waals surface area contributed by atoms with E-state index in [2.05, 4.69) is 5.32 Å². The number of urea groups is 1. The highest BCUT2D eigenvalue weighted by atomic mass is 35.5. The van der Waals surface area contributed by atoms with Crippen LogP contribution in [0.5, 0.6) is 0 Å². The van der Waals surface area contributed by atoms with Crippen LogP contribution in [0.15, 0.2) is 48.5 Å². The van der Waals surface area contributed by atoms with Crippen molar-refractivity contribution in [3.63, 3.8) is 0 Å². The zero-order valence-electron chi connectivity index (χ0n) is 12.4. The van der Waals surface area contributed by atoms with Crippen LogP contribution in [-0.4, -0.2) is 18.0 Å². The molecule has 1 N–H and O–H groups in total. The van der Waals surface area contributed by atoms with E-state index < -0.39 is 0 Å². The molecule has 0 aliphatic heterocycles. The van der Waals surface area contributed by atoms with E-state index >= 15 is 0 Å². The van der Waals surface area contributed by atoms with E-state index in [1.54, 1.807) is 42.3 Å². The van der Waals surface area contributed by atoms with Crippen LogP contribution in [0.1, 0.15) is 24.1 Å². The Morgan fingerprint density at radius 2 is 2.00 bits per heavy atom. The summed E-state index contributed by atoms with van der Waals surface area (Å²) in [6.45, 7) is 1.91. The number of benzene rings is 2. The number of amides is 2. The van der Waals surface area contributed by atoms with Crippen LogP contribution in [0.4, 0.5) is 10.5 Å². The molecule has 0 saturated heterocycles. The van der Waals surface area contributed by atoms with Gasteiger partial charge in [-0.1, -0.05) is 35.9 Å². The van der Waals surface area contributed by atoms with Crippen molar-refractivity contribution in [2.45, 2.75) is 13.0 Å². The molecule has 0 saturated carbocycles. The molecule has 2 aromatic carbocycles. The predicted molar refractivity (Wildman–Crippen MR) is 87.8 cm³/mol. The molecule has 112 valence electrons. The Labute approximate surface area is 134 Å². The number of hydrogen-bond acceptors (Lipinski definition) is 2. The van der Waals surface area contributed by atoms with E-state index in [1.165, 1.54) is 0 Å². The molecule has 5 heteroatoms. The van der Waals surface area contributed by atoms with E-state index in [1.807, 2.05) is 31.2 Å². The normalized spacial score (nSPS) is 11.4. The number of hydrogen-bond donors (Lipinski definition) is 1. The Kier molecular flexibility index (Phi) is 5.03. The molecular formula is C17H16ClN3O. The minimum Gasteiger partial charge on any atom is -0.321 e. The number of nitrogens with one attached hydrogen (secondary N) is 1. The van der Waals surface area contributed by atoms with Gasteiger partial charge >= 0.3 is 6.03 Å². The number of halogens is 1. The number of carbonyl (C=O) groups is 1. The summed E-state index contributed by atoms with van der Waals surface area (Å²) in [7, 11) is 1.71. The van der Waals surface area contributed by atoms with Crippen LogP contribution in [0, 0.1) is 11.3 Å². The number of rotatable bonds is 3. The monoisotopic (exact) mass is 313 g/mol. The van der Waals surface area contributed by atoms with Crippen LogP contribution in [-0.2, 0) is 0 Å². The van der Waals surface area contributed by atoms with Gasteiger partial charge in [-0.15, -0.1) is 0 Å². The van der Waals surface area contributed by atoms with Gasteiger partial charge in [-0.25, -0.2) is 4.79 Å². The van der Waals surface area contributed by atoms with Gasteiger partial charge in [0, 0.05) is 17.8 Å². The Balaban J connectivity index is 2.12. The number of carbonyl (C=O) groups excluding carboxylic acids is 1. The van der Waals surface area contributed by atoms with Crippen molar-refractivity contribution in [2.75, 3.05) is 12.4 Å². The third-order valence-electron chi connectivity index (χ3n) is 3.50. The summed E-state index contributed by atoms with van der Waals surface area (Å²) in [4.78, 5) is 13.9. The van der Waals surface area contributed by atoms with Crippen LogP contribution in [0.2, 0.25) is 5.02 Å². The average Bonchev–Trinajstić information content (AvgIpc) is 2.54. The lowest BCUT2D eigenvalue weighted by Gasteiger charge is -2.26. The topological polar surface area (TPSA) is 56.1 Å². The van der Waals surface area contributed by atoms with Gasteiger partial charge in [0.2, 0.25) is 0 Å². The molecule has 1 atom stereocenters. The summed E-state index contributed by atoms with van der Waals surface area (Å²) in [5.74, 6) is 0. The maximum atomic E-state index is 12.3. The molecule has 0 unspecified atom stereocenters. The highest BCUT2D eigenvalue weighted by molar-refractivity contribution is 6.31. The molecular weight excluding hydrogens is 298 g/mol. The lowest BCUT2D eigenvalue weighted by atomic mass is 10.1. The van der Waals surface area contributed by atoms with Crippen LogP contribution >= 0.6 is 11.6 Å². The van der Waals surface area contributed by atoms with Crippen molar-refractivity contribution >= 4 is 23.3 Å². The molecule has 0 aliphatic carbocycles. The van der Waals surface area contributed by atoms with Gasteiger partial charge in [-0.2, -0.15) is 5.26 Å². The molecule has 0 heterocycles. The van der Waals surface area contributed by atoms with Crippen molar-refractivity contribution < 1.29 is 4.79 Å². The van der Waals surface area contributed by atoms with E-state index in [-0.39, 0.29) is 12.1 Å². The quantitative estimate of drug-likeness (QED) is 0.911. The third kappa shape index (κ3) is 3.57. The maximum absolute atomic E-state index is 12.3. The Morgan fingerprint density at radius 1 is 1.27 bits per heavy atom. The molecule has 2 rings (SSSR count). The van der Waals surface area contributed by atoms with E-state index in [0.717, 1.165) is 5.56 Å². The molecule has 22 heavy (non-hydrogen) atoms. The average molecular weight is 314 g/mol. The second kappa shape index (κ2) is 6.97. The summed E-state index contributed by atoms with van der Waals surface area (Å²) >= 11 is 6.17. The van der Waals surface area contributed by atoms with Gasteiger partial charge in [0.1, 0.15) is 0 Å². The Morgan fingerprint density at radius 3 is 2.68 bits per heavy atom. The highest BCUT2D eigenvalue weighted by Gasteiger charge is 2.19. The molecule has 0 aliphatic rings. The lowest BCUT2D eigenvalue weighted by Crippen LogP contribution is -2.33. The summed E-state index contributed by atoms with van der Waals surface area (Å²) in [5, 5.41) is 12.3. The van der Waals surface area contributed by atoms with Crippen LogP contribution in [0.25, 0.3) is 0 Å². The molecule has 0 bridgehead atoms. The number of anilines is 1. The first-order chi connectivity index (χ1) is 10.5. The predicted octanol–water partition coefficient (Wildman–Crippen LogP) is 4.44. The lowest BCUT2D eigenvalue weighted by molar-refractivity contribution is 0.208. The first-order valence-electron chi connectivity index (χ1n) is 6.81. The minimum atomic E-state index is -0.262. The van der Waals surface area contributed by atoms with Gasteiger partial charge in [-0.05, 0) is 36.8 Å². The minimum absolute atomic E-state index is 0.173.